The Hall–Kier alpha value is -2.06. The first kappa shape index (κ1) is 14.5. The number of hydrogen-bond acceptors (Lipinski definition) is 2. The number of benzene rings is 2. The van der Waals surface area contributed by atoms with E-state index in [1.165, 1.54) is 32.5 Å². The molecule has 0 amide bonds. The van der Waals surface area contributed by atoms with E-state index in [1.54, 1.807) is 11.3 Å². The SMILES string of the molecule is C=C1c2cc(CC(C)C)ccc2CN1c1ccc2sccc2c1. The highest BCUT2D eigenvalue weighted by Crippen LogP contribution is 2.38. The second-order valence-electron chi connectivity index (χ2n) is 6.77. The van der Waals surface area contributed by atoms with Crippen molar-refractivity contribution in [1.29, 1.82) is 0 Å². The molecule has 0 radical (unpaired) electrons. The van der Waals surface area contributed by atoms with Gasteiger partial charge in [-0.15, -0.1) is 11.3 Å². The molecule has 0 unspecified atom stereocenters. The Balaban J connectivity index is 1.68. The van der Waals surface area contributed by atoms with Crippen LogP contribution in [0.2, 0.25) is 0 Å². The summed E-state index contributed by atoms with van der Waals surface area (Å²) in [5.41, 5.74) is 6.47. The molecule has 1 nitrogen and oxygen atoms in total. The minimum atomic E-state index is 0.680. The molecule has 2 aromatic carbocycles. The van der Waals surface area contributed by atoms with Crippen LogP contribution < -0.4 is 4.90 Å². The zero-order valence-electron chi connectivity index (χ0n) is 13.7. The van der Waals surface area contributed by atoms with Crippen LogP contribution in [0.5, 0.6) is 0 Å². The topological polar surface area (TPSA) is 3.24 Å². The molecule has 0 spiro atoms. The van der Waals surface area contributed by atoms with Gasteiger partial charge in [0, 0.05) is 28.2 Å². The van der Waals surface area contributed by atoms with Crippen molar-refractivity contribution in [3.8, 4) is 0 Å². The molecule has 4 rings (SSSR count). The van der Waals surface area contributed by atoms with Crippen LogP contribution in [0.3, 0.4) is 0 Å². The Labute approximate surface area is 141 Å². The van der Waals surface area contributed by atoms with Gasteiger partial charge in [-0.05, 0) is 64.6 Å². The minimum Gasteiger partial charge on any atom is -0.337 e. The largest absolute Gasteiger partial charge is 0.337 e. The lowest BCUT2D eigenvalue weighted by molar-refractivity contribution is 0.647. The van der Waals surface area contributed by atoms with Gasteiger partial charge in [0.25, 0.3) is 0 Å². The summed E-state index contributed by atoms with van der Waals surface area (Å²) < 4.78 is 1.34. The molecule has 0 bridgehead atoms. The molecule has 116 valence electrons. The van der Waals surface area contributed by atoms with Gasteiger partial charge >= 0.3 is 0 Å². The summed E-state index contributed by atoms with van der Waals surface area (Å²) in [6.07, 6.45) is 1.13. The smallest absolute Gasteiger partial charge is 0.0488 e. The van der Waals surface area contributed by atoms with E-state index in [9.17, 15) is 0 Å². The van der Waals surface area contributed by atoms with Gasteiger partial charge in [-0.2, -0.15) is 0 Å². The Bertz CT molecular complexity index is 888. The Kier molecular flexibility index (Phi) is 3.50. The first-order valence-corrected chi connectivity index (χ1v) is 9.05. The van der Waals surface area contributed by atoms with E-state index in [4.69, 9.17) is 0 Å². The van der Waals surface area contributed by atoms with E-state index in [0.29, 0.717) is 5.92 Å². The van der Waals surface area contributed by atoms with E-state index in [2.05, 4.69) is 73.2 Å². The van der Waals surface area contributed by atoms with Crippen LogP contribution in [0, 0.1) is 5.92 Å². The Morgan fingerprint density at radius 3 is 2.83 bits per heavy atom. The molecule has 0 atom stereocenters. The fourth-order valence-electron chi connectivity index (χ4n) is 3.41. The predicted molar refractivity (Wildman–Crippen MR) is 102 cm³/mol. The monoisotopic (exact) mass is 319 g/mol. The van der Waals surface area contributed by atoms with Gasteiger partial charge in [-0.25, -0.2) is 0 Å². The molecule has 2 heterocycles. The minimum absolute atomic E-state index is 0.680. The lowest BCUT2D eigenvalue weighted by Crippen LogP contribution is -2.12. The summed E-state index contributed by atoms with van der Waals surface area (Å²) >= 11 is 1.79. The van der Waals surface area contributed by atoms with Crippen molar-refractivity contribution in [3.05, 3.63) is 71.1 Å². The van der Waals surface area contributed by atoms with Gasteiger partial charge in [0.1, 0.15) is 0 Å². The molecule has 1 aliphatic heterocycles. The average Bonchev–Trinajstić information content (AvgIpc) is 3.11. The number of nitrogens with zero attached hydrogens (tertiary/aromatic N) is 1. The molecule has 0 N–H and O–H groups in total. The highest BCUT2D eigenvalue weighted by molar-refractivity contribution is 7.17. The number of hydrogen-bond donors (Lipinski definition) is 0. The second-order valence-corrected chi connectivity index (χ2v) is 7.71. The zero-order chi connectivity index (χ0) is 16.0. The standard InChI is InChI=1S/C21H21NS/c1-14(2)10-16-4-5-18-13-22(15(3)20(18)11-16)19-6-7-21-17(12-19)8-9-23-21/h4-9,11-12,14H,3,10,13H2,1-2H3. The maximum absolute atomic E-state index is 4.37. The van der Waals surface area contributed by atoms with Crippen molar-refractivity contribution in [3.63, 3.8) is 0 Å². The van der Waals surface area contributed by atoms with Gasteiger partial charge in [0.05, 0.1) is 0 Å². The molecule has 0 saturated heterocycles. The molecule has 0 fully saturated rings. The summed E-state index contributed by atoms with van der Waals surface area (Å²) in [4.78, 5) is 2.33. The normalized spacial score (nSPS) is 14.0. The fourth-order valence-corrected chi connectivity index (χ4v) is 4.18. The van der Waals surface area contributed by atoms with Crippen LogP contribution in [0.4, 0.5) is 5.69 Å². The lowest BCUT2D eigenvalue weighted by atomic mass is 9.98. The third kappa shape index (κ3) is 2.57. The Morgan fingerprint density at radius 2 is 2.00 bits per heavy atom. The molecular formula is C21H21NS. The number of anilines is 1. The van der Waals surface area contributed by atoms with Crippen LogP contribution in [-0.2, 0) is 13.0 Å². The van der Waals surface area contributed by atoms with Gasteiger partial charge in [-0.1, -0.05) is 32.6 Å². The summed E-state index contributed by atoms with van der Waals surface area (Å²) in [7, 11) is 0. The zero-order valence-corrected chi connectivity index (χ0v) is 14.5. The van der Waals surface area contributed by atoms with Crippen LogP contribution in [-0.4, -0.2) is 0 Å². The number of fused-ring (bicyclic) bond motifs is 2. The number of rotatable bonds is 3. The molecule has 0 aliphatic carbocycles. The molecular weight excluding hydrogens is 298 g/mol. The van der Waals surface area contributed by atoms with E-state index in [0.717, 1.165) is 18.7 Å². The summed E-state index contributed by atoms with van der Waals surface area (Å²) in [5, 5.41) is 3.47. The van der Waals surface area contributed by atoms with Crippen LogP contribution >= 0.6 is 11.3 Å². The van der Waals surface area contributed by atoms with Crippen molar-refractivity contribution < 1.29 is 0 Å². The first-order chi connectivity index (χ1) is 11.1. The average molecular weight is 319 g/mol. The lowest BCUT2D eigenvalue weighted by Gasteiger charge is -2.19. The molecule has 1 aliphatic rings. The van der Waals surface area contributed by atoms with Crippen LogP contribution in [0.15, 0.2) is 54.4 Å². The van der Waals surface area contributed by atoms with Crippen molar-refractivity contribution in [2.45, 2.75) is 26.8 Å². The molecule has 2 heteroatoms. The molecule has 3 aromatic rings. The molecule has 1 aromatic heterocycles. The summed E-state index contributed by atoms with van der Waals surface area (Å²) in [6.45, 7) is 9.83. The maximum Gasteiger partial charge on any atom is 0.0488 e. The van der Waals surface area contributed by atoms with Crippen molar-refractivity contribution in [1.82, 2.24) is 0 Å². The highest BCUT2D eigenvalue weighted by atomic mass is 32.1. The van der Waals surface area contributed by atoms with Crippen LogP contribution in [0.25, 0.3) is 15.8 Å². The first-order valence-electron chi connectivity index (χ1n) is 8.17. The van der Waals surface area contributed by atoms with Gasteiger partial charge in [0.15, 0.2) is 0 Å². The predicted octanol–water partition coefficient (Wildman–Crippen LogP) is 6.09. The van der Waals surface area contributed by atoms with Crippen molar-refractivity contribution in [2.24, 2.45) is 5.92 Å². The van der Waals surface area contributed by atoms with Crippen LogP contribution in [0.1, 0.15) is 30.5 Å². The highest BCUT2D eigenvalue weighted by Gasteiger charge is 2.24. The van der Waals surface area contributed by atoms with Gasteiger partial charge in [-0.3, -0.25) is 0 Å². The van der Waals surface area contributed by atoms with E-state index in [-0.39, 0.29) is 0 Å². The molecule has 0 saturated carbocycles. The fraction of sp³-hybridized carbons (Fsp3) is 0.238. The summed E-state index contributed by atoms with van der Waals surface area (Å²) in [5.74, 6) is 0.680. The third-order valence-electron chi connectivity index (χ3n) is 4.53. The van der Waals surface area contributed by atoms with E-state index >= 15 is 0 Å². The summed E-state index contributed by atoms with van der Waals surface area (Å²) in [6, 6.07) is 15.8. The third-order valence-corrected chi connectivity index (χ3v) is 5.43. The van der Waals surface area contributed by atoms with Gasteiger partial charge in [0.2, 0.25) is 0 Å². The van der Waals surface area contributed by atoms with Crippen molar-refractivity contribution in [2.75, 3.05) is 4.90 Å². The van der Waals surface area contributed by atoms with E-state index < -0.39 is 0 Å². The Morgan fingerprint density at radius 1 is 1.13 bits per heavy atom. The van der Waals surface area contributed by atoms with E-state index in [1.807, 2.05) is 0 Å². The molecule has 23 heavy (non-hydrogen) atoms. The van der Waals surface area contributed by atoms with Gasteiger partial charge < -0.3 is 4.90 Å². The number of thiophene rings is 1. The van der Waals surface area contributed by atoms with Crippen molar-refractivity contribution >= 4 is 32.8 Å². The maximum atomic E-state index is 4.37. The quantitative estimate of drug-likeness (QED) is 0.564. The second kappa shape index (κ2) is 5.54.